The lowest BCUT2D eigenvalue weighted by atomic mass is 9.90. The van der Waals surface area contributed by atoms with Crippen molar-refractivity contribution in [1.82, 2.24) is 15.1 Å². The summed E-state index contributed by atoms with van der Waals surface area (Å²) < 4.78 is 5.46. The van der Waals surface area contributed by atoms with Crippen LogP contribution in [0.4, 0.5) is 0 Å². The minimum Gasteiger partial charge on any atom is -0.379 e. The number of guanidine groups is 1. The minimum absolute atomic E-state index is 0.446. The highest BCUT2D eigenvalue weighted by molar-refractivity contribution is 5.80. The van der Waals surface area contributed by atoms with Crippen LogP contribution in [0, 0.1) is 5.41 Å². The van der Waals surface area contributed by atoms with Crippen LogP contribution in [0.2, 0.25) is 0 Å². The Bertz CT molecular complexity index is 372. The highest BCUT2D eigenvalue weighted by Crippen LogP contribution is 2.21. The van der Waals surface area contributed by atoms with Crippen LogP contribution in [0.25, 0.3) is 0 Å². The number of likely N-dealkylation sites (tertiary alicyclic amines) is 1. The Morgan fingerprint density at radius 2 is 1.91 bits per heavy atom. The van der Waals surface area contributed by atoms with Gasteiger partial charge in [-0.3, -0.25) is 9.89 Å². The molecule has 0 bridgehead atoms. The normalized spacial score (nSPS) is 24.3. The van der Waals surface area contributed by atoms with Gasteiger partial charge in [0.1, 0.15) is 0 Å². The first-order valence-electron chi connectivity index (χ1n) is 9.27. The zero-order chi connectivity index (χ0) is 16.7. The number of morpholine rings is 1. The number of unbranched alkanes of at least 4 members (excludes halogenated alkanes) is 1. The van der Waals surface area contributed by atoms with Gasteiger partial charge in [-0.1, -0.05) is 27.2 Å². The van der Waals surface area contributed by atoms with Gasteiger partial charge < -0.3 is 15.0 Å². The highest BCUT2D eigenvalue weighted by atomic mass is 16.5. The summed E-state index contributed by atoms with van der Waals surface area (Å²) in [7, 11) is 1.90. The number of rotatable bonds is 5. The molecule has 0 aromatic heterocycles. The smallest absolute Gasteiger partial charge is 0.193 e. The second-order valence-electron chi connectivity index (χ2n) is 8.03. The quantitative estimate of drug-likeness (QED) is 0.478. The average Bonchev–Trinajstić information content (AvgIpc) is 3.00. The summed E-state index contributed by atoms with van der Waals surface area (Å²) in [5.41, 5.74) is 0.446. The highest BCUT2D eigenvalue weighted by Gasteiger charge is 2.30. The Hall–Kier alpha value is -0.810. The van der Waals surface area contributed by atoms with E-state index in [0.29, 0.717) is 11.5 Å². The molecule has 2 rings (SSSR count). The molecule has 0 aliphatic carbocycles. The van der Waals surface area contributed by atoms with Gasteiger partial charge in [0.05, 0.1) is 13.2 Å². The lowest BCUT2D eigenvalue weighted by Crippen LogP contribution is -2.46. The lowest BCUT2D eigenvalue weighted by Gasteiger charge is -2.32. The Labute approximate surface area is 142 Å². The van der Waals surface area contributed by atoms with Crippen LogP contribution in [-0.2, 0) is 4.74 Å². The van der Waals surface area contributed by atoms with Crippen LogP contribution in [0.15, 0.2) is 4.99 Å². The van der Waals surface area contributed by atoms with E-state index in [4.69, 9.17) is 4.74 Å². The standard InChI is InChI=1S/C18H36N4O/c1-18(2,3)8-5-6-9-20-17(19-4)22-10-7-16(15-22)21-11-13-23-14-12-21/h16H,5-15H2,1-4H3,(H,19,20). The van der Waals surface area contributed by atoms with E-state index in [1.54, 1.807) is 0 Å². The Balaban J connectivity index is 1.68. The molecule has 0 aromatic carbocycles. The molecule has 5 heteroatoms. The van der Waals surface area contributed by atoms with Crippen LogP contribution >= 0.6 is 0 Å². The summed E-state index contributed by atoms with van der Waals surface area (Å²) in [6.45, 7) is 14.1. The third kappa shape index (κ3) is 6.30. The van der Waals surface area contributed by atoms with E-state index < -0.39 is 0 Å². The number of hydrogen-bond donors (Lipinski definition) is 1. The summed E-state index contributed by atoms with van der Waals surface area (Å²) in [4.78, 5) is 9.49. The maximum atomic E-state index is 5.46. The Morgan fingerprint density at radius 3 is 2.57 bits per heavy atom. The van der Waals surface area contributed by atoms with Crippen molar-refractivity contribution >= 4 is 5.96 Å². The van der Waals surface area contributed by atoms with Gasteiger partial charge >= 0.3 is 0 Å². The van der Waals surface area contributed by atoms with E-state index in [9.17, 15) is 0 Å². The van der Waals surface area contributed by atoms with Crippen LogP contribution < -0.4 is 5.32 Å². The fourth-order valence-electron chi connectivity index (χ4n) is 3.49. The molecule has 2 aliphatic heterocycles. The van der Waals surface area contributed by atoms with Crippen molar-refractivity contribution < 1.29 is 4.74 Å². The molecule has 23 heavy (non-hydrogen) atoms. The van der Waals surface area contributed by atoms with Crippen molar-refractivity contribution in [3.63, 3.8) is 0 Å². The monoisotopic (exact) mass is 324 g/mol. The molecule has 0 radical (unpaired) electrons. The van der Waals surface area contributed by atoms with E-state index in [1.807, 2.05) is 7.05 Å². The van der Waals surface area contributed by atoms with Crippen molar-refractivity contribution in [3.8, 4) is 0 Å². The van der Waals surface area contributed by atoms with E-state index >= 15 is 0 Å². The summed E-state index contributed by atoms with van der Waals surface area (Å²) in [5.74, 6) is 1.08. The van der Waals surface area contributed by atoms with E-state index in [1.165, 1.54) is 25.7 Å². The third-order valence-corrected chi connectivity index (χ3v) is 4.87. The second kappa shape index (κ2) is 8.88. The van der Waals surface area contributed by atoms with Gasteiger partial charge in [-0.15, -0.1) is 0 Å². The third-order valence-electron chi connectivity index (χ3n) is 4.87. The van der Waals surface area contributed by atoms with Gasteiger partial charge in [0.2, 0.25) is 0 Å². The molecular weight excluding hydrogens is 288 g/mol. The SMILES string of the molecule is CN=C(NCCCCC(C)(C)C)N1CCC(N2CCOCC2)C1. The number of nitrogens with one attached hydrogen (secondary N) is 1. The molecule has 1 N–H and O–H groups in total. The van der Waals surface area contributed by atoms with Gasteiger partial charge in [-0.05, 0) is 24.7 Å². The van der Waals surface area contributed by atoms with Gasteiger partial charge in [0.25, 0.3) is 0 Å². The molecule has 2 heterocycles. The number of aliphatic imine (C=N–C) groups is 1. The molecule has 2 fully saturated rings. The van der Waals surface area contributed by atoms with Crippen LogP contribution in [0.3, 0.4) is 0 Å². The first-order chi connectivity index (χ1) is 11.0. The Morgan fingerprint density at radius 1 is 1.17 bits per heavy atom. The number of hydrogen-bond acceptors (Lipinski definition) is 3. The molecule has 5 nitrogen and oxygen atoms in total. The Kier molecular flexibility index (Phi) is 7.15. The molecule has 2 saturated heterocycles. The van der Waals surface area contributed by atoms with Gasteiger partial charge in [0, 0.05) is 45.8 Å². The summed E-state index contributed by atoms with van der Waals surface area (Å²) >= 11 is 0. The topological polar surface area (TPSA) is 40.1 Å². The zero-order valence-electron chi connectivity index (χ0n) is 15.6. The van der Waals surface area contributed by atoms with Crippen molar-refractivity contribution in [3.05, 3.63) is 0 Å². The van der Waals surface area contributed by atoms with Crippen LogP contribution in [-0.4, -0.2) is 74.8 Å². The second-order valence-corrected chi connectivity index (χ2v) is 8.03. The minimum atomic E-state index is 0.446. The van der Waals surface area contributed by atoms with Crippen LogP contribution in [0.5, 0.6) is 0 Å². The molecule has 2 aliphatic rings. The van der Waals surface area contributed by atoms with Gasteiger partial charge in [-0.25, -0.2) is 0 Å². The number of nitrogens with zero attached hydrogens (tertiary/aromatic N) is 3. The van der Waals surface area contributed by atoms with Crippen LogP contribution in [0.1, 0.15) is 46.5 Å². The molecule has 1 unspecified atom stereocenters. The summed E-state index contributed by atoms with van der Waals surface area (Å²) in [5, 5.41) is 3.55. The zero-order valence-corrected chi connectivity index (χ0v) is 15.6. The van der Waals surface area contributed by atoms with Gasteiger partial charge in [0.15, 0.2) is 5.96 Å². The van der Waals surface area contributed by atoms with E-state index in [2.05, 4.69) is 40.9 Å². The first kappa shape index (κ1) is 18.5. The molecule has 1 atom stereocenters. The predicted molar refractivity (Wildman–Crippen MR) is 97.0 cm³/mol. The van der Waals surface area contributed by atoms with Crippen molar-refractivity contribution in [2.45, 2.75) is 52.5 Å². The van der Waals surface area contributed by atoms with Gasteiger partial charge in [-0.2, -0.15) is 0 Å². The fourth-order valence-corrected chi connectivity index (χ4v) is 3.49. The molecule has 0 aromatic rings. The molecule has 0 spiro atoms. The maximum Gasteiger partial charge on any atom is 0.193 e. The molecular formula is C18H36N4O. The number of ether oxygens (including phenoxy) is 1. The summed E-state index contributed by atoms with van der Waals surface area (Å²) in [6.07, 6.45) is 5.03. The molecule has 0 amide bonds. The van der Waals surface area contributed by atoms with E-state index in [-0.39, 0.29) is 0 Å². The van der Waals surface area contributed by atoms with Crippen molar-refractivity contribution in [2.75, 3.05) is 53.0 Å². The molecule has 134 valence electrons. The fraction of sp³-hybridized carbons (Fsp3) is 0.944. The maximum absolute atomic E-state index is 5.46. The summed E-state index contributed by atoms with van der Waals surface area (Å²) in [6, 6.07) is 0.665. The largest absolute Gasteiger partial charge is 0.379 e. The first-order valence-corrected chi connectivity index (χ1v) is 9.27. The molecule has 0 saturated carbocycles. The average molecular weight is 325 g/mol. The van der Waals surface area contributed by atoms with Crippen molar-refractivity contribution in [2.24, 2.45) is 10.4 Å². The van der Waals surface area contributed by atoms with Crippen molar-refractivity contribution in [1.29, 1.82) is 0 Å². The lowest BCUT2D eigenvalue weighted by molar-refractivity contribution is 0.0195. The predicted octanol–water partition coefficient (Wildman–Crippen LogP) is 2.18. The van der Waals surface area contributed by atoms with E-state index in [0.717, 1.165) is 51.9 Å².